The van der Waals surface area contributed by atoms with Gasteiger partial charge in [0.25, 0.3) is 5.91 Å². The lowest BCUT2D eigenvalue weighted by Gasteiger charge is -2.30. The van der Waals surface area contributed by atoms with Gasteiger partial charge in [-0.3, -0.25) is 14.8 Å². The van der Waals surface area contributed by atoms with Crippen LogP contribution >= 0.6 is 35.1 Å². The number of alkyl halides is 6. The van der Waals surface area contributed by atoms with E-state index in [0.717, 1.165) is 22.6 Å². The van der Waals surface area contributed by atoms with Crippen LogP contribution in [0.1, 0.15) is 55.4 Å². The van der Waals surface area contributed by atoms with E-state index in [1.807, 2.05) is 0 Å². The zero-order valence-corrected chi connectivity index (χ0v) is 38.7. The van der Waals surface area contributed by atoms with Crippen molar-refractivity contribution in [2.24, 2.45) is 0 Å². The highest BCUT2D eigenvalue weighted by atomic mass is 35.5. The van der Waals surface area contributed by atoms with Crippen molar-refractivity contribution in [2.75, 3.05) is 36.0 Å². The van der Waals surface area contributed by atoms with Crippen LogP contribution in [0.15, 0.2) is 94.8 Å². The number of thiophene rings is 2. The average Bonchev–Trinajstić information content (AvgIpc) is 4.18. The van der Waals surface area contributed by atoms with Crippen molar-refractivity contribution in [3.8, 4) is 21.4 Å². The molecule has 0 bridgehead atoms. The summed E-state index contributed by atoms with van der Waals surface area (Å²) in [5.41, 5.74) is 0.0253. The lowest BCUT2D eigenvalue weighted by atomic mass is 10.2. The Hall–Kier alpha value is -7.77. The molecule has 0 saturated carbocycles. The van der Waals surface area contributed by atoms with Crippen molar-refractivity contribution in [3.05, 3.63) is 119 Å². The molecule has 8 aromatic heterocycles. The number of amides is 1. The molecular weight excluding hydrogens is 1040 g/mol. The number of aromatic carboxylic acids is 1. The molecule has 0 unspecified atom stereocenters. The summed E-state index contributed by atoms with van der Waals surface area (Å²) in [7, 11) is 0. The molecule has 378 valence electrons. The molecular formula is C40H33ClF8N16O5S2. The maximum atomic E-state index is 12.8. The summed E-state index contributed by atoms with van der Waals surface area (Å²) >= 11 is 2.35. The Morgan fingerprint density at radius 3 is 1.40 bits per heavy atom. The first-order valence-corrected chi connectivity index (χ1v) is 21.9. The van der Waals surface area contributed by atoms with Crippen molar-refractivity contribution in [3.63, 3.8) is 0 Å². The fraction of sp³-hybridized carbons (Fsp3) is 0.250. The van der Waals surface area contributed by atoms with E-state index in [-0.39, 0.29) is 54.4 Å². The molecule has 10 heterocycles. The number of carbonyl (C=O) groups excluding carboxylic acids is 1. The largest absolute Gasteiger partial charge is 0.476 e. The summed E-state index contributed by atoms with van der Waals surface area (Å²) in [5, 5.41) is 34.8. The second-order valence-corrected chi connectivity index (χ2v) is 16.6. The highest BCUT2D eigenvalue weighted by molar-refractivity contribution is 7.15. The molecule has 0 spiro atoms. The second kappa shape index (κ2) is 24.4. The van der Waals surface area contributed by atoms with Gasteiger partial charge < -0.3 is 34.2 Å². The van der Waals surface area contributed by atoms with Gasteiger partial charge in [0, 0.05) is 56.8 Å². The smallest absolute Gasteiger partial charge is 0.471 e. The monoisotopic (exact) mass is 1070 g/mol. The van der Waals surface area contributed by atoms with Crippen LogP contribution in [0.2, 0.25) is 0 Å². The van der Waals surface area contributed by atoms with E-state index < -0.39 is 30.1 Å². The van der Waals surface area contributed by atoms with Crippen LogP contribution in [-0.2, 0) is 25.4 Å². The van der Waals surface area contributed by atoms with Gasteiger partial charge in [0.05, 0.1) is 35.2 Å². The first-order valence-electron chi connectivity index (χ1n) is 20.3. The first kappa shape index (κ1) is 53.6. The first-order chi connectivity index (χ1) is 34.2. The molecule has 1 amide bonds. The number of carboxylic acids is 1. The molecule has 21 nitrogen and oxygen atoms in total. The predicted molar refractivity (Wildman–Crippen MR) is 239 cm³/mol. The number of nitrogens with zero attached hydrogens (tertiary/aromatic N) is 15. The maximum Gasteiger partial charge on any atom is 0.471 e. The Labute approximate surface area is 413 Å². The molecule has 2 aliphatic rings. The number of rotatable bonds is 12. The van der Waals surface area contributed by atoms with E-state index in [0.29, 0.717) is 51.0 Å². The molecule has 2 N–H and O–H groups in total. The minimum absolute atomic E-state index is 0. The minimum Gasteiger partial charge on any atom is -0.476 e. The number of anilines is 4. The van der Waals surface area contributed by atoms with Crippen LogP contribution in [0.3, 0.4) is 0 Å². The van der Waals surface area contributed by atoms with E-state index in [1.165, 1.54) is 74.0 Å². The number of hydrogen-bond donors (Lipinski definition) is 2. The molecule has 32 heteroatoms. The van der Waals surface area contributed by atoms with Crippen molar-refractivity contribution >= 4 is 70.2 Å². The molecule has 10 rings (SSSR count). The quantitative estimate of drug-likeness (QED) is 0.109. The van der Waals surface area contributed by atoms with Gasteiger partial charge in [-0.15, -0.1) is 55.5 Å². The maximum absolute atomic E-state index is 12.8. The summed E-state index contributed by atoms with van der Waals surface area (Å²) in [6.45, 7) is 4.38. The normalized spacial score (nSPS) is 12.8. The Morgan fingerprint density at radius 1 is 0.639 bits per heavy atom. The number of nitrogens with one attached hydrogen (secondary N) is 1. The van der Waals surface area contributed by atoms with E-state index in [1.54, 1.807) is 57.3 Å². The highest BCUT2D eigenvalue weighted by Crippen LogP contribution is 2.35. The summed E-state index contributed by atoms with van der Waals surface area (Å²) in [6.07, 6.45) is 1.96. The summed E-state index contributed by atoms with van der Waals surface area (Å²) in [6, 6.07) is 12.6. The third-order valence-corrected chi connectivity index (χ3v) is 11.7. The fourth-order valence-electron chi connectivity index (χ4n) is 5.80. The molecule has 0 aromatic carbocycles. The molecule has 2 fully saturated rings. The summed E-state index contributed by atoms with van der Waals surface area (Å²) < 4.78 is 101. The zero-order valence-electron chi connectivity index (χ0n) is 36.3. The van der Waals surface area contributed by atoms with Gasteiger partial charge in [-0.2, -0.15) is 36.3 Å². The molecule has 72 heavy (non-hydrogen) atoms. The SMILES string of the molecule is C1CNC1.Cl.FF.O=C(O)c1ccc(N(Cc2ccc(-c3noc(C(F)(F)F)n3)s2)c2cnccn2)nn1.O=C(c1ccc(N(Cc2ccc(-c3noc(C(F)(F)F)n3)s2)c2cnccn2)nn1)N1CCC1. The number of likely N-dealkylation sites (tertiary alicyclic amines) is 1. The number of carboxylic acid groups (broad SMARTS) is 1. The van der Waals surface area contributed by atoms with Gasteiger partial charge in [0.15, 0.2) is 34.7 Å². The van der Waals surface area contributed by atoms with Gasteiger partial charge in [0.2, 0.25) is 11.6 Å². The molecule has 8 aromatic rings. The third-order valence-electron chi connectivity index (χ3n) is 9.52. The average molecular weight is 1070 g/mol. The van der Waals surface area contributed by atoms with Crippen LogP contribution < -0.4 is 15.1 Å². The minimum atomic E-state index is -4.73. The number of carbonyl (C=O) groups is 2. The van der Waals surface area contributed by atoms with Gasteiger partial charge in [-0.25, -0.2) is 14.8 Å². The molecule has 2 aliphatic heterocycles. The Bertz CT molecular complexity index is 2960. The van der Waals surface area contributed by atoms with Gasteiger partial charge in [-0.05, 0) is 74.5 Å². The lowest BCUT2D eigenvalue weighted by Crippen LogP contribution is -2.42. The van der Waals surface area contributed by atoms with E-state index in [2.05, 4.69) is 75.0 Å². The predicted octanol–water partition coefficient (Wildman–Crippen LogP) is 8.26. The van der Waals surface area contributed by atoms with Gasteiger partial charge in [0.1, 0.15) is 0 Å². The number of aromatic nitrogens is 12. The number of hydrogen-bond acceptors (Lipinski definition) is 21. The highest BCUT2D eigenvalue weighted by Gasteiger charge is 2.39. The lowest BCUT2D eigenvalue weighted by molar-refractivity contribution is -0.160. The molecule has 0 radical (unpaired) electrons. The summed E-state index contributed by atoms with van der Waals surface area (Å²) in [4.78, 5) is 54.1. The van der Waals surface area contributed by atoms with Crippen LogP contribution in [-0.4, -0.2) is 109 Å². The third kappa shape index (κ3) is 13.8. The number of halogens is 9. The van der Waals surface area contributed by atoms with Crippen LogP contribution in [0, 0.1) is 0 Å². The molecule has 0 aliphatic carbocycles. The molecule has 0 atom stereocenters. The standard InChI is InChI=1S/C20H15F3N8O2S.C17H10F3N7O3S.C3H7N.ClH.F2/c21-20(22,23)19-26-17(29-33-19)14-4-2-12(34-14)11-31(16-10-24-6-7-25-16)15-5-3-13(27-28-15)18(32)30-8-1-9-30;18-17(19,20)16-23-14(26-30-16)11-3-1-9(31-11)8-27(13-7-21-5-6-22-13)12-4-2-10(15(28)29)24-25-12;1-2-4-3-1;;1-2/h2-7,10H,1,8-9,11H2;1-7H,8H2,(H,28,29);4H,1-3H2;1H;. The van der Waals surface area contributed by atoms with E-state index in [9.17, 15) is 35.9 Å². The Morgan fingerprint density at radius 2 is 1.08 bits per heavy atom. The van der Waals surface area contributed by atoms with E-state index in [4.69, 9.17) is 14.3 Å². The van der Waals surface area contributed by atoms with Gasteiger partial charge in [-0.1, -0.05) is 10.3 Å². The van der Waals surface area contributed by atoms with Crippen molar-refractivity contribution in [1.29, 1.82) is 0 Å². The second-order valence-electron chi connectivity index (χ2n) is 14.3. The summed E-state index contributed by atoms with van der Waals surface area (Å²) in [5.74, 6) is -2.92. The van der Waals surface area contributed by atoms with Crippen LogP contribution in [0.25, 0.3) is 21.4 Å². The van der Waals surface area contributed by atoms with Crippen molar-refractivity contribution in [1.82, 2.24) is 70.8 Å². The van der Waals surface area contributed by atoms with Gasteiger partial charge >= 0.3 is 30.1 Å². The van der Waals surface area contributed by atoms with Crippen molar-refractivity contribution in [2.45, 2.75) is 38.3 Å². The topological polar surface area (TPSA) is 257 Å². The van der Waals surface area contributed by atoms with Crippen molar-refractivity contribution < 1.29 is 59.2 Å². The molecule has 2 saturated heterocycles. The van der Waals surface area contributed by atoms with Crippen LogP contribution in [0.4, 0.5) is 58.8 Å². The Balaban J connectivity index is 0.000000209. The van der Waals surface area contributed by atoms with E-state index >= 15 is 0 Å². The zero-order chi connectivity index (χ0) is 50.5. The van der Waals surface area contributed by atoms with Crippen LogP contribution in [0.5, 0.6) is 0 Å². The fourth-order valence-corrected chi connectivity index (χ4v) is 7.64. The Kier molecular flexibility index (Phi) is 18.1.